The number of aliphatic carboxylic acids is 1. The molecule has 2 aliphatic carbocycles. The summed E-state index contributed by atoms with van der Waals surface area (Å²) in [7, 11) is 0. The molecule has 1 atom stereocenters. The van der Waals surface area contributed by atoms with Gasteiger partial charge in [0.2, 0.25) is 5.91 Å². The first-order valence-corrected chi connectivity index (χ1v) is 7.69. The highest BCUT2D eigenvalue weighted by atomic mass is 16.4. The van der Waals surface area contributed by atoms with Crippen molar-refractivity contribution in [2.24, 2.45) is 17.1 Å². The van der Waals surface area contributed by atoms with Crippen LogP contribution in [0.3, 0.4) is 0 Å². The molecule has 4 N–H and O–H groups in total. The second-order valence-corrected chi connectivity index (χ2v) is 6.74. The minimum atomic E-state index is -0.857. The van der Waals surface area contributed by atoms with E-state index in [-0.39, 0.29) is 18.4 Å². The van der Waals surface area contributed by atoms with Crippen LogP contribution in [0.4, 0.5) is 0 Å². The highest BCUT2D eigenvalue weighted by Gasteiger charge is 2.45. The van der Waals surface area contributed by atoms with E-state index >= 15 is 0 Å². The van der Waals surface area contributed by atoms with Gasteiger partial charge in [0.25, 0.3) is 0 Å². The van der Waals surface area contributed by atoms with E-state index in [9.17, 15) is 14.7 Å². The highest BCUT2D eigenvalue weighted by molar-refractivity contribution is 5.87. The van der Waals surface area contributed by atoms with Crippen LogP contribution in [-0.2, 0) is 9.59 Å². The third-order valence-corrected chi connectivity index (χ3v) is 5.02. The Morgan fingerprint density at radius 3 is 2.25 bits per heavy atom. The molecule has 0 bridgehead atoms. The summed E-state index contributed by atoms with van der Waals surface area (Å²) in [6.07, 6.45) is 7.28. The van der Waals surface area contributed by atoms with Crippen molar-refractivity contribution in [3.63, 3.8) is 0 Å². The van der Waals surface area contributed by atoms with Crippen LogP contribution >= 0.6 is 0 Å². The fourth-order valence-electron chi connectivity index (χ4n) is 3.18. The molecule has 1 amide bonds. The Labute approximate surface area is 120 Å². The third-order valence-electron chi connectivity index (χ3n) is 5.02. The number of nitrogens with one attached hydrogen (secondary N) is 1. The Balaban J connectivity index is 1.98. The van der Waals surface area contributed by atoms with Gasteiger partial charge in [-0.1, -0.05) is 25.7 Å². The van der Waals surface area contributed by atoms with Gasteiger partial charge in [-0.2, -0.15) is 0 Å². The summed E-state index contributed by atoms with van der Waals surface area (Å²) in [5.41, 5.74) is 4.42. The summed E-state index contributed by atoms with van der Waals surface area (Å²) in [6, 6.07) is 0. The smallest absolute Gasteiger partial charge is 0.311 e. The fourth-order valence-corrected chi connectivity index (χ4v) is 3.18. The van der Waals surface area contributed by atoms with Crippen LogP contribution in [0.5, 0.6) is 0 Å². The quantitative estimate of drug-likeness (QED) is 0.669. The van der Waals surface area contributed by atoms with Gasteiger partial charge in [0, 0.05) is 6.54 Å². The van der Waals surface area contributed by atoms with Gasteiger partial charge < -0.3 is 16.2 Å². The first kappa shape index (κ1) is 15.3. The number of hydrogen-bond donors (Lipinski definition) is 3. The molecule has 1 unspecified atom stereocenters. The molecule has 20 heavy (non-hydrogen) atoms. The van der Waals surface area contributed by atoms with Crippen molar-refractivity contribution in [3.05, 3.63) is 0 Å². The molecule has 2 saturated carbocycles. The van der Waals surface area contributed by atoms with E-state index in [0.717, 1.165) is 38.5 Å². The van der Waals surface area contributed by atoms with Crippen LogP contribution in [0.15, 0.2) is 0 Å². The topological polar surface area (TPSA) is 92.4 Å². The summed E-state index contributed by atoms with van der Waals surface area (Å²) in [5, 5.41) is 12.4. The van der Waals surface area contributed by atoms with E-state index in [1.54, 1.807) is 6.92 Å². The number of carboxylic acid groups (broad SMARTS) is 1. The van der Waals surface area contributed by atoms with E-state index in [4.69, 9.17) is 5.73 Å². The zero-order valence-corrected chi connectivity index (χ0v) is 12.3. The summed E-state index contributed by atoms with van der Waals surface area (Å²) < 4.78 is 0. The lowest BCUT2D eigenvalue weighted by Crippen LogP contribution is -2.56. The Kier molecular flexibility index (Phi) is 4.37. The van der Waals surface area contributed by atoms with E-state index < -0.39 is 16.9 Å². The van der Waals surface area contributed by atoms with Crippen LogP contribution in [0.1, 0.15) is 58.3 Å². The van der Waals surface area contributed by atoms with Gasteiger partial charge in [-0.25, -0.2) is 0 Å². The fraction of sp³-hybridized carbons (Fsp3) is 0.867. The van der Waals surface area contributed by atoms with Crippen molar-refractivity contribution in [1.82, 2.24) is 5.32 Å². The predicted octanol–water partition coefficient (Wildman–Crippen LogP) is 1.66. The zero-order chi connectivity index (χ0) is 14.8. The molecule has 2 aliphatic rings. The summed E-state index contributed by atoms with van der Waals surface area (Å²) >= 11 is 0. The molecule has 5 nitrogen and oxygen atoms in total. The van der Waals surface area contributed by atoms with Crippen molar-refractivity contribution < 1.29 is 14.7 Å². The number of hydrogen-bond acceptors (Lipinski definition) is 3. The molecule has 2 rings (SSSR count). The average molecular weight is 282 g/mol. The lowest BCUT2D eigenvalue weighted by atomic mass is 9.80. The normalized spacial score (nSPS) is 25.3. The van der Waals surface area contributed by atoms with Gasteiger partial charge in [-0.3, -0.25) is 9.59 Å². The Bertz CT molecular complexity index is 381. The minimum Gasteiger partial charge on any atom is -0.481 e. The molecule has 0 radical (unpaired) electrons. The van der Waals surface area contributed by atoms with Crippen LogP contribution in [0, 0.1) is 11.3 Å². The second-order valence-electron chi connectivity index (χ2n) is 6.74. The molecule has 0 aromatic carbocycles. The molecule has 0 aromatic rings. The van der Waals surface area contributed by atoms with Crippen molar-refractivity contribution in [2.75, 3.05) is 6.54 Å². The molecule has 0 aromatic heterocycles. The molecular weight excluding hydrogens is 256 g/mol. The van der Waals surface area contributed by atoms with E-state index in [1.807, 2.05) is 0 Å². The van der Waals surface area contributed by atoms with Gasteiger partial charge >= 0.3 is 5.97 Å². The van der Waals surface area contributed by atoms with Crippen LogP contribution < -0.4 is 11.1 Å². The lowest BCUT2D eigenvalue weighted by Gasteiger charge is -2.31. The van der Waals surface area contributed by atoms with Crippen molar-refractivity contribution in [1.29, 1.82) is 0 Å². The predicted molar refractivity (Wildman–Crippen MR) is 76.1 cm³/mol. The van der Waals surface area contributed by atoms with Gasteiger partial charge in [0.15, 0.2) is 0 Å². The molecule has 2 fully saturated rings. The molecular formula is C15H26N2O3. The highest BCUT2D eigenvalue weighted by Crippen LogP contribution is 2.39. The van der Waals surface area contributed by atoms with Gasteiger partial charge in [-0.05, 0) is 38.5 Å². The number of carbonyl (C=O) groups excluding carboxylic acids is 1. The summed E-state index contributed by atoms with van der Waals surface area (Å²) in [6.45, 7) is 1.96. The largest absolute Gasteiger partial charge is 0.481 e. The van der Waals surface area contributed by atoms with Crippen LogP contribution in [0.2, 0.25) is 0 Å². The zero-order valence-electron chi connectivity index (χ0n) is 12.3. The molecule has 0 saturated heterocycles. The maximum Gasteiger partial charge on any atom is 0.311 e. The first-order chi connectivity index (χ1) is 9.38. The van der Waals surface area contributed by atoms with Crippen LogP contribution in [-0.4, -0.2) is 29.1 Å². The van der Waals surface area contributed by atoms with Crippen LogP contribution in [0.25, 0.3) is 0 Å². The number of amides is 1. The molecule has 0 heterocycles. The third kappa shape index (κ3) is 3.14. The van der Waals surface area contributed by atoms with Crippen molar-refractivity contribution >= 4 is 11.9 Å². The number of rotatable bonds is 5. The monoisotopic (exact) mass is 282 g/mol. The van der Waals surface area contributed by atoms with E-state index in [2.05, 4.69) is 5.32 Å². The van der Waals surface area contributed by atoms with E-state index in [0.29, 0.717) is 12.8 Å². The maximum atomic E-state index is 12.2. The standard InChI is InChI=1S/C15H26N2O3/c1-14(16,11-6-7-11)12(18)17-10-15(13(19)20)8-4-2-3-5-9-15/h11H,2-10,16H2,1H3,(H,17,18)(H,19,20). The Morgan fingerprint density at radius 2 is 1.80 bits per heavy atom. The number of nitrogens with two attached hydrogens (primary N) is 1. The number of carboxylic acids is 1. The second kappa shape index (κ2) is 5.72. The van der Waals surface area contributed by atoms with Gasteiger partial charge in [0.05, 0.1) is 11.0 Å². The maximum absolute atomic E-state index is 12.2. The summed E-state index contributed by atoms with van der Waals surface area (Å²) in [4.78, 5) is 23.9. The molecule has 0 spiro atoms. The van der Waals surface area contributed by atoms with Gasteiger partial charge in [0.1, 0.15) is 0 Å². The van der Waals surface area contributed by atoms with Gasteiger partial charge in [-0.15, -0.1) is 0 Å². The Morgan fingerprint density at radius 1 is 1.25 bits per heavy atom. The first-order valence-electron chi connectivity index (χ1n) is 7.69. The Hall–Kier alpha value is -1.10. The van der Waals surface area contributed by atoms with Crippen molar-refractivity contribution in [2.45, 2.75) is 63.8 Å². The minimum absolute atomic E-state index is 0.204. The van der Waals surface area contributed by atoms with E-state index in [1.165, 1.54) is 0 Å². The molecule has 5 heteroatoms. The summed E-state index contributed by atoms with van der Waals surface area (Å²) in [5.74, 6) is -0.743. The SMILES string of the molecule is CC(N)(C(=O)NCC1(C(=O)O)CCCCCC1)C1CC1. The number of carbonyl (C=O) groups is 2. The average Bonchev–Trinajstić information content (AvgIpc) is 3.22. The molecule has 0 aliphatic heterocycles. The molecule has 114 valence electrons. The lowest BCUT2D eigenvalue weighted by molar-refractivity contribution is -0.150. The van der Waals surface area contributed by atoms with Crippen molar-refractivity contribution in [3.8, 4) is 0 Å².